The van der Waals surface area contributed by atoms with Crippen molar-refractivity contribution in [3.05, 3.63) is 70.8 Å². The van der Waals surface area contributed by atoms with Gasteiger partial charge in [-0.1, -0.05) is 48.6 Å². The smallest absolute Gasteiger partial charge is 0.175 e. The maximum Gasteiger partial charge on any atom is 0.175 e. The molecule has 2 aromatic rings. The van der Waals surface area contributed by atoms with E-state index in [1.54, 1.807) is 12.1 Å². The minimum atomic E-state index is -3.24. The fraction of sp³-hybridized carbons (Fsp3) is 0.200. The van der Waals surface area contributed by atoms with Gasteiger partial charge >= 0.3 is 0 Å². The van der Waals surface area contributed by atoms with Crippen molar-refractivity contribution in [3.8, 4) is 0 Å². The lowest BCUT2D eigenvalue weighted by Gasteiger charge is -2.13. The van der Waals surface area contributed by atoms with Gasteiger partial charge < -0.3 is 5.32 Å². The summed E-state index contributed by atoms with van der Waals surface area (Å²) in [6, 6.07) is 13.6. The monoisotopic (exact) mass is 339 g/mol. The van der Waals surface area contributed by atoms with Crippen LogP contribution in [0.1, 0.15) is 28.7 Å². The standard InChI is InChI=1S/C20H21NO2S/c1-21-13-5-8-19-18-7-4-3-6-15(18)9-10-16-11-12-17(14-20(16)19)24(2,22)23/h3-4,6-12,14,21H,5,13H2,1-2H3. The lowest BCUT2D eigenvalue weighted by Crippen LogP contribution is -2.06. The summed E-state index contributed by atoms with van der Waals surface area (Å²) in [6.45, 7) is 0.875. The molecular formula is C20H21NO2S. The molecule has 124 valence electrons. The first kappa shape index (κ1) is 16.7. The molecule has 0 unspecified atom stereocenters. The molecule has 0 aromatic heterocycles. The van der Waals surface area contributed by atoms with Gasteiger partial charge in [-0.3, -0.25) is 0 Å². The van der Waals surface area contributed by atoms with Gasteiger partial charge in [0.15, 0.2) is 9.84 Å². The average Bonchev–Trinajstić information content (AvgIpc) is 2.71. The van der Waals surface area contributed by atoms with Crippen LogP contribution in [-0.4, -0.2) is 28.3 Å². The number of benzene rings is 2. The van der Waals surface area contributed by atoms with Crippen LogP contribution in [0, 0.1) is 0 Å². The van der Waals surface area contributed by atoms with E-state index in [2.05, 4.69) is 35.7 Å². The summed E-state index contributed by atoms with van der Waals surface area (Å²) < 4.78 is 23.9. The number of fused-ring (bicyclic) bond motifs is 2. The molecule has 2 aromatic carbocycles. The van der Waals surface area contributed by atoms with Crippen molar-refractivity contribution >= 4 is 27.6 Å². The molecule has 4 heteroatoms. The Labute approximate surface area is 143 Å². The van der Waals surface area contributed by atoms with Gasteiger partial charge in [0, 0.05) is 6.26 Å². The Morgan fingerprint density at radius 1 is 1.00 bits per heavy atom. The number of hydrogen-bond acceptors (Lipinski definition) is 3. The summed E-state index contributed by atoms with van der Waals surface area (Å²) in [6.07, 6.45) is 8.46. The molecule has 0 fully saturated rings. The highest BCUT2D eigenvalue weighted by atomic mass is 32.2. The van der Waals surface area contributed by atoms with Gasteiger partial charge in [0.25, 0.3) is 0 Å². The third-order valence-electron chi connectivity index (χ3n) is 4.18. The second-order valence-corrected chi connectivity index (χ2v) is 7.97. The Kier molecular flexibility index (Phi) is 4.69. The molecule has 1 aliphatic rings. The lowest BCUT2D eigenvalue weighted by molar-refractivity contribution is 0.602. The fourth-order valence-electron chi connectivity index (χ4n) is 2.94. The Morgan fingerprint density at radius 2 is 1.71 bits per heavy atom. The largest absolute Gasteiger partial charge is 0.319 e. The summed E-state index contributed by atoms with van der Waals surface area (Å²) in [7, 11) is -1.31. The Balaban J connectivity index is 2.23. The third-order valence-corrected chi connectivity index (χ3v) is 5.29. The highest BCUT2D eigenvalue weighted by molar-refractivity contribution is 7.90. The molecule has 0 saturated heterocycles. The van der Waals surface area contributed by atoms with Crippen molar-refractivity contribution in [2.45, 2.75) is 11.3 Å². The van der Waals surface area contributed by atoms with Crippen LogP contribution >= 0.6 is 0 Å². The Morgan fingerprint density at radius 3 is 2.42 bits per heavy atom. The third kappa shape index (κ3) is 3.35. The topological polar surface area (TPSA) is 46.2 Å². The molecule has 1 aliphatic carbocycles. The molecule has 0 radical (unpaired) electrons. The maximum absolute atomic E-state index is 12.0. The van der Waals surface area contributed by atoms with Gasteiger partial charge in [-0.2, -0.15) is 0 Å². The maximum atomic E-state index is 12.0. The molecule has 3 nitrogen and oxygen atoms in total. The van der Waals surface area contributed by atoms with Crippen molar-refractivity contribution in [1.29, 1.82) is 0 Å². The second kappa shape index (κ2) is 6.75. The normalized spacial score (nSPS) is 15.0. The van der Waals surface area contributed by atoms with Crippen LogP contribution in [0.2, 0.25) is 0 Å². The van der Waals surface area contributed by atoms with Gasteiger partial charge in [-0.15, -0.1) is 0 Å². The van der Waals surface area contributed by atoms with Crippen LogP contribution in [0.15, 0.2) is 53.4 Å². The molecule has 0 saturated carbocycles. The van der Waals surface area contributed by atoms with E-state index < -0.39 is 9.84 Å². The van der Waals surface area contributed by atoms with Crippen molar-refractivity contribution in [1.82, 2.24) is 5.32 Å². The van der Waals surface area contributed by atoms with Crippen LogP contribution in [0.5, 0.6) is 0 Å². The molecule has 0 aliphatic heterocycles. The van der Waals surface area contributed by atoms with Gasteiger partial charge in [0.2, 0.25) is 0 Å². The van der Waals surface area contributed by atoms with E-state index in [1.807, 2.05) is 25.2 Å². The van der Waals surface area contributed by atoms with Gasteiger partial charge in [0.1, 0.15) is 0 Å². The predicted octanol–water partition coefficient (Wildman–Crippen LogP) is 3.62. The van der Waals surface area contributed by atoms with E-state index in [1.165, 1.54) is 6.26 Å². The zero-order chi connectivity index (χ0) is 17.2. The summed E-state index contributed by atoms with van der Waals surface area (Å²) in [4.78, 5) is 0.355. The number of sulfone groups is 1. The molecule has 24 heavy (non-hydrogen) atoms. The number of nitrogens with one attached hydrogen (secondary N) is 1. The van der Waals surface area contributed by atoms with Crippen molar-refractivity contribution in [2.24, 2.45) is 0 Å². The summed E-state index contributed by atoms with van der Waals surface area (Å²) >= 11 is 0. The van der Waals surface area contributed by atoms with E-state index in [4.69, 9.17) is 0 Å². The Hall–Kier alpha value is -2.17. The predicted molar refractivity (Wildman–Crippen MR) is 101 cm³/mol. The summed E-state index contributed by atoms with van der Waals surface area (Å²) in [5.74, 6) is 0. The quantitative estimate of drug-likeness (QED) is 0.739. The lowest BCUT2D eigenvalue weighted by atomic mass is 9.93. The van der Waals surface area contributed by atoms with Crippen LogP contribution in [0.25, 0.3) is 17.7 Å². The van der Waals surface area contributed by atoms with Crippen LogP contribution < -0.4 is 5.32 Å². The SMILES string of the molecule is CNCCC=C1c2ccccc2C=Cc2ccc(S(C)(=O)=O)cc21. The number of hydrogen-bond donors (Lipinski definition) is 1. The van der Waals surface area contributed by atoms with Crippen LogP contribution in [0.4, 0.5) is 0 Å². The van der Waals surface area contributed by atoms with Crippen LogP contribution in [0.3, 0.4) is 0 Å². The first-order chi connectivity index (χ1) is 11.5. The van der Waals surface area contributed by atoms with Gasteiger partial charge in [0.05, 0.1) is 4.90 Å². The first-order valence-electron chi connectivity index (χ1n) is 7.97. The van der Waals surface area contributed by atoms with Crippen molar-refractivity contribution in [3.63, 3.8) is 0 Å². The summed E-state index contributed by atoms with van der Waals surface area (Å²) in [5, 5.41) is 3.15. The van der Waals surface area contributed by atoms with Crippen LogP contribution in [-0.2, 0) is 9.84 Å². The molecule has 0 bridgehead atoms. The first-order valence-corrected chi connectivity index (χ1v) is 9.86. The second-order valence-electron chi connectivity index (χ2n) is 5.95. The van der Waals surface area contributed by atoms with Crippen molar-refractivity contribution < 1.29 is 8.42 Å². The van der Waals surface area contributed by atoms with E-state index in [0.29, 0.717) is 4.90 Å². The molecule has 1 N–H and O–H groups in total. The molecular weight excluding hydrogens is 318 g/mol. The fourth-order valence-corrected chi connectivity index (χ4v) is 3.58. The average molecular weight is 339 g/mol. The summed E-state index contributed by atoms with van der Waals surface area (Å²) in [5.41, 5.74) is 5.37. The minimum absolute atomic E-state index is 0.355. The zero-order valence-electron chi connectivity index (χ0n) is 13.9. The molecule has 0 heterocycles. The molecule has 0 spiro atoms. The van der Waals surface area contributed by atoms with E-state index >= 15 is 0 Å². The minimum Gasteiger partial charge on any atom is -0.319 e. The highest BCUT2D eigenvalue weighted by Gasteiger charge is 2.17. The highest BCUT2D eigenvalue weighted by Crippen LogP contribution is 2.35. The zero-order valence-corrected chi connectivity index (χ0v) is 14.7. The molecule has 0 atom stereocenters. The van der Waals surface area contributed by atoms with E-state index in [0.717, 1.165) is 40.8 Å². The number of rotatable bonds is 4. The Bertz CT molecular complexity index is 924. The molecule has 0 amide bonds. The van der Waals surface area contributed by atoms with E-state index in [9.17, 15) is 8.42 Å². The van der Waals surface area contributed by atoms with Gasteiger partial charge in [-0.05, 0) is 60.0 Å². The van der Waals surface area contributed by atoms with Gasteiger partial charge in [-0.25, -0.2) is 8.42 Å². The van der Waals surface area contributed by atoms with E-state index in [-0.39, 0.29) is 0 Å². The van der Waals surface area contributed by atoms with Crippen molar-refractivity contribution in [2.75, 3.05) is 19.8 Å². The molecule has 3 rings (SSSR count).